The van der Waals surface area contributed by atoms with Crippen molar-refractivity contribution in [3.05, 3.63) is 64.9 Å². The number of benzene rings is 2. The average molecular weight is 423 g/mol. The fourth-order valence-corrected chi connectivity index (χ4v) is 2.77. The Morgan fingerprint density at radius 2 is 1.86 bits per heavy atom. The summed E-state index contributed by atoms with van der Waals surface area (Å²) in [6.07, 6.45) is 0. The summed E-state index contributed by atoms with van der Waals surface area (Å²) in [7, 11) is 1.53. The molecule has 0 fully saturated rings. The molecule has 0 radical (unpaired) electrons. The van der Waals surface area contributed by atoms with E-state index in [1.807, 2.05) is 0 Å². The number of methoxy groups -OCH3 is 1. The molecule has 8 heteroatoms. The number of nitrogens with zero attached hydrogens (tertiary/aromatic N) is 1. The smallest absolute Gasteiger partial charge is 0.261 e. The van der Waals surface area contributed by atoms with Crippen molar-refractivity contribution in [1.82, 2.24) is 10.2 Å². The third kappa shape index (κ3) is 7.03. The SMILES string of the molecule is COCCNC(=O)[C@@H](C)N(Cc1ccc(F)cc1)C(=O)COc1ccccc1Cl. The van der Waals surface area contributed by atoms with Crippen LogP contribution in [-0.4, -0.2) is 49.6 Å². The van der Waals surface area contributed by atoms with Gasteiger partial charge in [0.1, 0.15) is 17.6 Å². The molecule has 2 rings (SSSR count). The maximum Gasteiger partial charge on any atom is 0.261 e. The monoisotopic (exact) mass is 422 g/mol. The Labute approximate surface area is 174 Å². The Hall–Kier alpha value is -2.64. The predicted molar refractivity (Wildman–Crippen MR) is 108 cm³/mol. The van der Waals surface area contributed by atoms with Gasteiger partial charge in [0.05, 0.1) is 11.6 Å². The van der Waals surface area contributed by atoms with Crippen LogP contribution in [0.2, 0.25) is 5.02 Å². The van der Waals surface area contributed by atoms with Crippen LogP contribution in [0.4, 0.5) is 4.39 Å². The normalized spacial score (nSPS) is 11.6. The molecule has 1 N–H and O–H groups in total. The van der Waals surface area contributed by atoms with E-state index in [1.165, 1.54) is 24.1 Å². The highest BCUT2D eigenvalue weighted by Gasteiger charge is 2.26. The highest BCUT2D eigenvalue weighted by molar-refractivity contribution is 6.32. The fraction of sp³-hybridized carbons (Fsp3) is 0.333. The minimum atomic E-state index is -0.765. The van der Waals surface area contributed by atoms with Gasteiger partial charge in [0.25, 0.3) is 5.91 Å². The predicted octanol–water partition coefficient (Wildman–Crippen LogP) is 3.04. The van der Waals surface area contributed by atoms with E-state index in [9.17, 15) is 14.0 Å². The van der Waals surface area contributed by atoms with Crippen molar-refractivity contribution >= 4 is 23.4 Å². The lowest BCUT2D eigenvalue weighted by Gasteiger charge is -2.28. The average Bonchev–Trinajstić information content (AvgIpc) is 2.72. The van der Waals surface area contributed by atoms with Crippen LogP contribution in [-0.2, 0) is 20.9 Å². The van der Waals surface area contributed by atoms with E-state index in [0.29, 0.717) is 29.5 Å². The summed E-state index contributed by atoms with van der Waals surface area (Å²) in [6, 6.07) is 11.8. The van der Waals surface area contributed by atoms with E-state index < -0.39 is 11.9 Å². The van der Waals surface area contributed by atoms with E-state index in [-0.39, 0.29) is 24.9 Å². The van der Waals surface area contributed by atoms with Crippen LogP contribution in [0.15, 0.2) is 48.5 Å². The molecule has 1 atom stereocenters. The van der Waals surface area contributed by atoms with Crippen molar-refractivity contribution < 1.29 is 23.5 Å². The van der Waals surface area contributed by atoms with Crippen LogP contribution in [0, 0.1) is 5.82 Å². The number of para-hydroxylation sites is 1. The van der Waals surface area contributed by atoms with Crippen LogP contribution in [0.1, 0.15) is 12.5 Å². The van der Waals surface area contributed by atoms with E-state index in [1.54, 1.807) is 43.3 Å². The molecule has 0 unspecified atom stereocenters. The molecule has 0 aliphatic rings. The van der Waals surface area contributed by atoms with Crippen molar-refractivity contribution in [3.8, 4) is 5.75 Å². The molecule has 0 saturated carbocycles. The maximum atomic E-state index is 13.2. The zero-order valence-electron chi connectivity index (χ0n) is 16.4. The highest BCUT2D eigenvalue weighted by Crippen LogP contribution is 2.23. The van der Waals surface area contributed by atoms with E-state index >= 15 is 0 Å². The van der Waals surface area contributed by atoms with Gasteiger partial charge in [-0.05, 0) is 36.8 Å². The van der Waals surface area contributed by atoms with Crippen molar-refractivity contribution in [3.63, 3.8) is 0 Å². The van der Waals surface area contributed by atoms with Crippen molar-refractivity contribution in [1.29, 1.82) is 0 Å². The summed E-state index contributed by atoms with van der Waals surface area (Å²) < 4.78 is 23.7. The van der Waals surface area contributed by atoms with Gasteiger partial charge >= 0.3 is 0 Å². The number of hydrogen-bond acceptors (Lipinski definition) is 4. The number of carbonyl (C=O) groups is 2. The van der Waals surface area contributed by atoms with Crippen molar-refractivity contribution in [2.45, 2.75) is 19.5 Å². The number of rotatable bonds is 10. The molecule has 0 spiro atoms. The molecular weight excluding hydrogens is 399 g/mol. The first-order chi connectivity index (χ1) is 13.9. The first kappa shape index (κ1) is 22.6. The number of nitrogens with one attached hydrogen (secondary N) is 1. The summed E-state index contributed by atoms with van der Waals surface area (Å²) in [5.41, 5.74) is 0.689. The molecule has 6 nitrogen and oxygen atoms in total. The summed E-state index contributed by atoms with van der Waals surface area (Å²) in [4.78, 5) is 26.7. The second kappa shape index (κ2) is 11.4. The Bertz CT molecular complexity index is 817. The standard InChI is InChI=1S/C21H24ClFN2O4/c1-15(21(27)24-11-12-28-2)25(13-16-7-9-17(23)10-8-16)20(26)14-29-19-6-4-3-5-18(19)22/h3-10,15H,11-14H2,1-2H3,(H,24,27)/t15-/m1/s1. The summed E-state index contributed by atoms with van der Waals surface area (Å²) in [5, 5.41) is 3.10. The molecule has 0 aliphatic carbocycles. The van der Waals surface area contributed by atoms with Gasteiger partial charge < -0.3 is 19.7 Å². The molecule has 2 aromatic carbocycles. The van der Waals surface area contributed by atoms with Crippen LogP contribution in [0.3, 0.4) is 0 Å². The number of amides is 2. The Morgan fingerprint density at radius 3 is 2.52 bits per heavy atom. The topological polar surface area (TPSA) is 67.9 Å². The van der Waals surface area contributed by atoms with Crippen molar-refractivity contribution in [2.75, 3.05) is 26.9 Å². The van der Waals surface area contributed by atoms with E-state index in [0.717, 1.165) is 0 Å². The van der Waals surface area contributed by atoms with Crippen LogP contribution in [0.5, 0.6) is 5.75 Å². The second-order valence-electron chi connectivity index (χ2n) is 6.33. The quantitative estimate of drug-likeness (QED) is 0.597. The molecule has 29 heavy (non-hydrogen) atoms. The molecule has 156 valence electrons. The van der Waals surface area contributed by atoms with Crippen LogP contribution in [0.25, 0.3) is 0 Å². The number of hydrogen-bond donors (Lipinski definition) is 1. The largest absolute Gasteiger partial charge is 0.482 e. The van der Waals surface area contributed by atoms with Crippen molar-refractivity contribution in [2.24, 2.45) is 0 Å². The lowest BCUT2D eigenvalue weighted by Crippen LogP contribution is -2.49. The van der Waals surface area contributed by atoms with Gasteiger partial charge in [-0.1, -0.05) is 35.9 Å². The van der Waals surface area contributed by atoms with Gasteiger partial charge in [-0.25, -0.2) is 4.39 Å². The van der Waals surface area contributed by atoms with Crippen LogP contribution < -0.4 is 10.1 Å². The fourth-order valence-electron chi connectivity index (χ4n) is 2.58. The molecular formula is C21H24ClFN2O4. The molecule has 2 aromatic rings. The lowest BCUT2D eigenvalue weighted by molar-refractivity contribution is -0.142. The van der Waals surface area contributed by atoms with Crippen LogP contribution >= 0.6 is 11.6 Å². The molecule has 0 saturated heterocycles. The Kier molecular flexibility index (Phi) is 8.89. The van der Waals surface area contributed by atoms with E-state index in [4.69, 9.17) is 21.1 Å². The third-order valence-electron chi connectivity index (χ3n) is 4.23. The van der Waals surface area contributed by atoms with Gasteiger partial charge in [0.15, 0.2) is 6.61 Å². The zero-order valence-corrected chi connectivity index (χ0v) is 17.1. The number of ether oxygens (including phenoxy) is 2. The molecule has 0 heterocycles. The summed E-state index contributed by atoms with van der Waals surface area (Å²) >= 11 is 6.05. The first-order valence-corrected chi connectivity index (χ1v) is 9.48. The van der Waals surface area contributed by atoms with E-state index in [2.05, 4.69) is 5.32 Å². The number of halogens is 2. The maximum absolute atomic E-state index is 13.2. The minimum Gasteiger partial charge on any atom is -0.482 e. The molecule has 0 aliphatic heterocycles. The number of carbonyl (C=O) groups excluding carboxylic acids is 2. The summed E-state index contributed by atoms with van der Waals surface area (Å²) in [6.45, 7) is 2.15. The van der Waals surface area contributed by atoms with Gasteiger partial charge in [0, 0.05) is 20.2 Å². The third-order valence-corrected chi connectivity index (χ3v) is 4.54. The lowest BCUT2D eigenvalue weighted by atomic mass is 10.1. The summed E-state index contributed by atoms with van der Waals surface area (Å²) in [5.74, 6) is -0.723. The van der Waals surface area contributed by atoms with Gasteiger partial charge in [-0.15, -0.1) is 0 Å². The Balaban J connectivity index is 2.11. The highest BCUT2D eigenvalue weighted by atomic mass is 35.5. The first-order valence-electron chi connectivity index (χ1n) is 9.10. The van der Waals surface area contributed by atoms with Gasteiger partial charge in [0.2, 0.25) is 5.91 Å². The second-order valence-corrected chi connectivity index (χ2v) is 6.73. The Morgan fingerprint density at radius 1 is 1.17 bits per heavy atom. The minimum absolute atomic E-state index is 0.129. The molecule has 2 amide bonds. The van der Waals surface area contributed by atoms with Gasteiger partial charge in [-0.2, -0.15) is 0 Å². The molecule has 0 aromatic heterocycles. The zero-order chi connectivity index (χ0) is 21.2. The van der Waals surface area contributed by atoms with Gasteiger partial charge in [-0.3, -0.25) is 9.59 Å². The molecule has 0 bridgehead atoms.